The van der Waals surface area contributed by atoms with Crippen LogP contribution in [-0.2, 0) is 11.4 Å². The van der Waals surface area contributed by atoms with Crippen LogP contribution in [0.1, 0.15) is 21.5 Å². The van der Waals surface area contributed by atoms with Crippen LogP contribution in [0.4, 0.5) is 5.69 Å². The Morgan fingerprint density at radius 1 is 1.09 bits per heavy atom. The van der Waals surface area contributed by atoms with Crippen LogP contribution >= 0.6 is 43.5 Å². The largest absolute Gasteiger partial charge is 0.486 e. The van der Waals surface area contributed by atoms with Gasteiger partial charge in [-0.3, -0.25) is 4.79 Å². The molecule has 9 heteroatoms. The summed E-state index contributed by atoms with van der Waals surface area (Å²) in [5.74, 6) is -1.14. The summed E-state index contributed by atoms with van der Waals surface area (Å²) in [5, 5.41) is 21.6. The molecule has 6 nitrogen and oxygen atoms in total. The molecule has 0 aliphatic rings. The molecule has 166 valence electrons. The number of carboxylic acids is 1. The van der Waals surface area contributed by atoms with Gasteiger partial charge in [-0.1, -0.05) is 29.8 Å². The van der Waals surface area contributed by atoms with E-state index in [2.05, 4.69) is 37.2 Å². The number of hydrogen-bond donors (Lipinski definition) is 2. The molecule has 3 aromatic carbocycles. The van der Waals surface area contributed by atoms with E-state index < -0.39 is 11.9 Å². The van der Waals surface area contributed by atoms with Crippen molar-refractivity contribution < 1.29 is 19.4 Å². The fraction of sp³-hybridized carbons (Fsp3) is 0.0417. The summed E-state index contributed by atoms with van der Waals surface area (Å²) in [6.45, 7) is 0.262. The SMILES string of the molecule is N#C/C(=C\c1cc(Br)c(OCc2ccccc2Cl)c(Br)c1)C(=O)Nc1ccc(C(=O)O)cc1. The Bertz CT molecular complexity index is 1260. The van der Waals surface area contributed by atoms with Crippen LogP contribution in [0.15, 0.2) is 75.2 Å². The van der Waals surface area contributed by atoms with Crippen LogP contribution < -0.4 is 10.1 Å². The maximum absolute atomic E-state index is 12.5. The Morgan fingerprint density at radius 2 is 1.73 bits per heavy atom. The normalized spacial score (nSPS) is 10.9. The summed E-state index contributed by atoms with van der Waals surface area (Å²) in [6, 6.07) is 18.3. The lowest BCUT2D eigenvalue weighted by molar-refractivity contribution is -0.112. The summed E-state index contributed by atoms with van der Waals surface area (Å²) < 4.78 is 7.13. The first-order valence-electron chi connectivity index (χ1n) is 9.40. The van der Waals surface area contributed by atoms with Gasteiger partial charge in [-0.15, -0.1) is 0 Å². The lowest BCUT2D eigenvalue weighted by Crippen LogP contribution is -2.13. The second kappa shape index (κ2) is 11.1. The van der Waals surface area contributed by atoms with Crippen molar-refractivity contribution in [2.75, 3.05) is 5.32 Å². The van der Waals surface area contributed by atoms with Gasteiger partial charge in [0.1, 0.15) is 24.0 Å². The summed E-state index contributed by atoms with van der Waals surface area (Å²) in [6.07, 6.45) is 1.44. The number of hydrogen-bond acceptors (Lipinski definition) is 4. The molecule has 0 aliphatic carbocycles. The van der Waals surface area contributed by atoms with E-state index in [-0.39, 0.29) is 17.7 Å². The Labute approximate surface area is 211 Å². The van der Waals surface area contributed by atoms with E-state index in [1.165, 1.54) is 30.3 Å². The number of ether oxygens (including phenoxy) is 1. The van der Waals surface area contributed by atoms with Gasteiger partial charge in [-0.2, -0.15) is 5.26 Å². The van der Waals surface area contributed by atoms with E-state index in [4.69, 9.17) is 21.4 Å². The summed E-state index contributed by atoms with van der Waals surface area (Å²) in [5.41, 5.74) is 1.77. The van der Waals surface area contributed by atoms with Gasteiger partial charge in [0.15, 0.2) is 0 Å². The van der Waals surface area contributed by atoms with Crippen LogP contribution in [-0.4, -0.2) is 17.0 Å². The number of carboxylic acid groups (broad SMARTS) is 1. The van der Waals surface area contributed by atoms with Crippen molar-refractivity contribution in [3.05, 3.63) is 96.9 Å². The standard InChI is InChI=1S/C24H15Br2ClN2O4/c25-19-10-14(11-20(26)22(19)33-13-16-3-1-2-4-21(16)27)9-17(12-28)23(30)29-18-7-5-15(6-8-18)24(31)32/h1-11H,13H2,(H,29,30)(H,31,32)/b17-9+. The van der Waals surface area contributed by atoms with Gasteiger partial charge in [0, 0.05) is 16.3 Å². The molecule has 0 saturated heterocycles. The van der Waals surface area contributed by atoms with Gasteiger partial charge in [-0.05, 0) is 86.0 Å². The topological polar surface area (TPSA) is 99.4 Å². The minimum Gasteiger partial charge on any atom is -0.486 e. The zero-order valence-corrected chi connectivity index (χ0v) is 20.7. The Balaban J connectivity index is 1.76. The molecular weight excluding hydrogens is 576 g/mol. The quantitative estimate of drug-likeness (QED) is 0.236. The molecule has 0 aromatic heterocycles. The molecule has 0 heterocycles. The fourth-order valence-corrected chi connectivity index (χ4v) is 4.42. The number of halogens is 3. The highest BCUT2D eigenvalue weighted by atomic mass is 79.9. The van der Waals surface area contributed by atoms with E-state index in [0.29, 0.717) is 31.0 Å². The van der Waals surface area contributed by atoms with Crippen molar-refractivity contribution in [3.63, 3.8) is 0 Å². The smallest absolute Gasteiger partial charge is 0.335 e. The predicted molar refractivity (Wildman–Crippen MR) is 133 cm³/mol. The van der Waals surface area contributed by atoms with Gasteiger partial charge in [0.05, 0.1) is 14.5 Å². The molecule has 0 bridgehead atoms. The molecular formula is C24H15Br2ClN2O4. The maximum Gasteiger partial charge on any atom is 0.335 e. The Kier molecular flexibility index (Phi) is 8.28. The van der Waals surface area contributed by atoms with Crippen molar-refractivity contribution in [1.82, 2.24) is 0 Å². The first-order chi connectivity index (χ1) is 15.8. The van der Waals surface area contributed by atoms with E-state index in [0.717, 1.165) is 5.56 Å². The average Bonchev–Trinajstić information content (AvgIpc) is 2.78. The van der Waals surface area contributed by atoms with Gasteiger partial charge in [0.25, 0.3) is 5.91 Å². The number of amides is 1. The lowest BCUT2D eigenvalue weighted by Gasteiger charge is -2.12. The zero-order valence-electron chi connectivity index (χ0n) is 16.8. The van der Waals surface area contributed by atoms with Crippen LogP contribution in [0.5, 0.6) is 5.75 Å². The van der Waals surface area contributed by atoms with Gasteiger partial charge < -0.3 is 15.2 Å². The van der Waals surface area contributed by atoms with Crippen LogP contribution in [0.3, 0.4) is 0 Å². The van der Waals surface area contributed by atoms with E-state index in [1.807, 2.05) is 24.3 Å². The van der Waals surface area contributed by atoms with Gasteiger partial charge in [-0.25, -0.2) is 4.79 Å². The highest BCUT2D eigenvalue weighted by molar-refractivity contribution is 9.11. The van der Waals surface area contributed by atoms with Crippen molar-refractivity contribution in [2.45, 2.75) is 6.61 Å². The average molecular weight is 591 g/mol. The third-order valence-electron chi connectivity index (χ3n) is 4.42. The van der Waals surface area contributed by atoms with Crippen molar-refractivity contribution >= 4 is 67.1 Å². The number of carbonyl (C=O) groups is 2. The molecule has 0 atom stereocenters. The second-order valence-electron chi connectivity index (χ2n) is 6.70. The molecule has 1 amide bonds. The summed E-state index contributed by atoms with van der Waals surface area (Å²) in [7, 11) is 0. The number of nitrogens with one attached hydrogen (secondary N) is 1. The molecule has 3 aromatic rings. The molecule has 0 fully saturated rings. The Hall–Kier alpha value is -3.12. The number of anilines is 1. The van der Waals surface area contributed by atoms with Crippen molar-refractivity contribution in [3.8, 4) is 11.8 Å². The molecule has 33 heavy (non-hydrogen) atoms. The van der Waals surface area contributed by atoms with Gasteiger partial charge in [0.2, 0.25) is 0 Å². The highest BCUT2D eigenvalue weighted by Gasteiger charge is 2.14. The van der Waals surface area contributed by atoms with E-state index in [9.17, 15) is 14.9 Å². The second-order valence-corrected chi connectivity index (χ2v) is 8.82. The molecule has 3 rings (SSSR count). The number of benzene rings is 3. The van der Waals surface area contributed by atoms with Crippen molar-refractivity contribution in [1.29, 1.82) is 5.26 Å². The zero-order chi connectivity index (χ0) is 24.0. The first kappa shape index (κ1) is 24.5. The predicted octanol–water partition coefficient (Wildman–Crippen LogP) is 6.69. The third kappa shape index (κ3) is 6.45. The molecule has 0 saturated carbocycles. The number of rotatable bonds is 7. The fourth-order valence-electron chi connectivity index (χ4n) is 2.78. The Morgan fingerprint density at radius 3 is 2.30 bits per heavy atom. The third-order valence-corrected chi connectivity index (χ3v) is 5.96. The lowest BCUT2D eigenvalue weighted by atomic mass is 10.1. The van der Waals surface area contributed by atoms with Crippen LogP contribution in [0.25, 0.3) is 6.08 Å². The molecule has 2 N–H and O–H groups in total. The highest BCUT2D eigenvalue weighted by Crippen LogP contribution is 2.36. The minimum atomic E-state index is -1.07. The van der Waals surface area contributed by atoms with E-state index in [1.54, 1.807) is 18.2 Å². The first-order valence-corrected chi connectivity index (χ1v) is 11.4. The molecule has 0 unspecified atom stereocenters. The number of nitrogens with zero attached hydrogens (tertiary/aromatic N) is 1. The van der Waals surface area contributed by atoms with Crippen molar-refractivity contribution in [2.24, 2.45) is 0 Å². The number of aromatic carboxylic acids is 1. The molecule has 0 aliphatic heterocycles. The monoisotopic (exact) mass is 588 g/mol. The molecule has 0 radical (unpaired) electrons. The van der Waals surface area contributed by atoms with E-state index >= 15 is 0 Å². The maximum atomic E-state index is 12.5. The number of carbonyl (C=O) groups excluding carboxylic acids is 1. The van der Waals surface area contributed by atoms with Crippen LogP contribution in [0.2, 0.25) is 5.02 Å². The molecule has 0 spiro atoms. The summed E-state index contributed by atoms with van der Waals surface area (Å²) >= 11 is 13.1. The number of nitriles is 1. The minimum absolute atomic E-state index is 0.0931. The summed E-state index contributed by atoms with van der Waals surface area (Å²) in [4.78, 5) is 23.5. The van der Waals surface area contributed by atoms with Crippen LogP contribution in [0, 0.1) is 11.3 Å². The van der Waals surface area contributed by atoms with Gasteiger partial charge >= 0.3 is 5.97 Å².